The van der Waals surface area contributed by atoms with Crippen LogP contribution in [0.1, 0.15) is 11.4 Å². The topological polar surface area (TPSA) is 87.6 Å². The standard InChI is InChI=1S/C17H16N6O2/c1-10-13(20-12-7-5-4-6-11(12)19-10)8-23-9-18-15-14(23)16(24)22(3)17(25)21(15)2/h4-7,9H,8H2,1-3H3. The SMILES string of the molecule is Cc1nc2ccccc2nc1Cn1cnc2c1c(=O)n(C)c(=O)n2C. The number of rotatable bonds is 2. The van der Waals surface area contributed by atoms with E-state index in [1.165, 1.54) is 11.6 Å². The molecule has 8 heteroatoms. The Morgan fingerprint density at radius 1 is 1.00 bits per heavy atom. The molecule has 0 bridgehead atoms. The van der Waals surface area contributed by atoms with Crippen molar-refractivity contribution in [2.75, 3.05) is 0 Å². The minimum absolute atomic E-state index is 0.355. The maximum absolute atomic E-state index is 12.5. The van der Waals surface area contributed by atoms with Gasteiger partial charge in [0.05, 0.1) is 35.3 Å². The molecule has 126 valence electrons. The van der Waals surface area contributed by atoms with Crippen molar-refractivity contribution in [1.82, 2.24) is 28.7 Å². The van der Waals surface area contributed by atoms with E-state index in [0.29, 0.717) is 17.7 Å². The highest BCUT2D eigenvalue weighted by molar-refractivity contribution is 5.74. The monoisotopic (exact) mass is 336 g/mol. The van der Waals surface area contributed by atoms with Gasteiger partial charge in [0, 0.05) is 14.1 Å². The first-order valence-corrected chi connectivity index (χ1v) is 7.80. The Morgan fingerprint density at radius 2 is 1.68 bits per heavy atom. The lowest BCUT2D eigenvalue weighted by Crippen LogP contribution is -2.37. The van der Waals surface area contributed by atoms with Gasteiger partial charge in [0.1, 0.15) is 0 Å². The van der Waals surface area contributed by atoms with E-state index in [1.807, 2.05) is 31.2 Å². The highest BCUT2D eigenvalue weighted by Gasteiger charge is 2.15. The molecule has 0 N–H and O–H groups in total. The quantitative estimate of drug-likeness (QED) is 0.539. The van der Waals surface area contributed by atoms with Crippen molar-refractivity contribution in [3.8, 4) is 0 Å². The van der Waals surface area contributed by atoms with E-state index in [2.05, 4.69) is 15.0 Å². The summed E-state index contributed by atoms with van der Waals surface area (Å²) in [7, 11) is 3.06. The molecule has 25 heavy (non-hydrogen) atoms. The molecule has 0 fully saturated rings. The molecule has 0 aliphatic carbocycles. The summed E-state index contributed by atoms with van der Waals surface area (Å²) in [5.41, 5.74) is 3.14. The molecule has 0 saturated carbocycles. The van der Waals surface area contributed by atoms with E-state index in [4.69, 9.17) is 0 Å². The average Bonchev–Trinajstić information content (AvgIpc) is 3.02. The smallest absolute Gasteiger partial charge is 0.319 e. The third-order valence-electron chi connectivity index (χ3n) is 4.38. The minimum atomic E-state index is -0.399. The predicted molar refractivity (Wildman–Crippen MR) is 93.6 cm³/mol. The van der Waals surface area contributed by atoms with Gasteiger partial charge in [-0.3, -0.25) is 13.9 Å². The molecule has 0 saturated heterocycles. The van der Waals surface area contributed by atoms with Crippen molar-refractivity contribution < 1.29 is 0 Å². The summed E-state index contributed by atoms with van der Waals surface area (Å²) in [6.45, 7) is 2.25. The van der Waals surface area contributed by atoms with Crippen LogP contribution in [-0.2, 0) is 20.6 Å². The van der Waals surface area contributed by atoms with Crippen molar-refractivity contribution >= 4 is 22.2 Å². The molecular weight excluding hydrogens is 320 g/mol. The van der Waals surface area contributed by atoms with Crippen LogP contribution in [0.25, 0.3) is 22.2 Å². The molecule has 0 amide bonds. The van der Waals surface area contributed by atoms with Crippen LogP contribution in [0.2, 0.25) is 0 Å². The molecule has 8 nitrogen and oxygen atoms in total. The fraction of sp³-hybridized carbons (Fsp3) is 0.235. The maximum atomic E-state index is 12.5. The van der Waals surface area contributed by atoms with Crippen molar-refractivity contribution in [3.63, 3.8) is 0 Å². The predicted octanol–water partition coefficient (Wildman–Crippen LogP) is 0.734. The van der Waals surface area contributed by atoms with E-state index in [9.17, 15) is 9.59 Å². The van der Waals surface area contributed by atoms with Crippen LogP contribution in [0.3, 0.4) is 0 Å². The Balaban J connectivity index is 1.91. The van der Waals surface area contributed by atoms with Crippen molar-refractivity contribution in [2.24, 2.45) is 14.1 Å². The van der Waals surface area contributed by atoms with E-state index >= 15 is 0 Å². The summed E-state index contributed by atoms with van der Waals surface area (Å²) in [6, 6.07) is 7.65. The first-order chi connectivity index (χ1) is 12.0. The molecule has 1 aromatic carbocycles. The van der Waals surface area contributed by atoms with E-state index in [0.717, 1.165) is 27.0 Å². The molecule has 4 aromatic rings. The number of aromatic nitrogens is 6. The second kappa shape index (κ2) is 5.37. The Kier molecular flexibility index (Phi) is 3.28. The summed E-state index contributed by atoms with van der Waals surface area (Å²) >= 11 is 0. The van der Waals surface area contributed by atoms with Gasteiger partial charge >= 0.3 is 5.69 Å². The number of imidazole rings is 1. The van der Waals surface area contributed by atoms with E-state index in [1.54, 1.807) is 17.9 Å². The van der Waals surface area contributed by atoms with Gasteiger partial charge in [-0.2, -0.15) is 0 Å². The zero-order valence-corrected chi connectivity index (χ0v) is 14.1. The number of aryl methyl sites for hydroxylation is 2. The van der Waals surface area contributed by atoms with Crippen LogP contribution >= 0.6 is 0 Å². The molecule has 3 heterocycles. The average molecular weight is 336 g/mol. The molecule has 0 unspecified atom stereocenters. The Hall–Kier alpha value is -3.29. The van der Waals surface area contributed by atoms with Crippen LogP contribution < -0.4 is 11.2 Å². The summed E-state index contributed by atoms with van der Waals surface area (Å²) < 4.78 is 4.16. The van der Waals surface area contributed by atoms with Crippen LogP contribution in [0, 0.1) is 6.92 Å². The van der Waals surface area contributed by atoms with E-state index in [-0.39, 0.29) is 5.56 Å². The molecule has 0 spiro atoms. The molecular formula is C17H16N6O2. The lowest BCUT2D eigenvalue weighted by atomic mass is 10.2. The Morgan fingerprint density at radius 3 is 2.40 bits per heavy atom. The van der Waals surface area contributed by atoms with Gasteiger partial charge in [0.2, 0.25) is 0 Å². The van der Waals surface area contributed by atoms with E-state index < -0.39 is 5.69 Å². The molecule has 0 aliphatic heterocycles. The third kappa shape index (κ3) is 2.25. The molecule has 3 aromatic heterocycles. The van der Waals surface area contributed by atoms with Crippen molar-refractivity contribution in [2.45, 2.75) is 13.5 Å². The first kappa shape index (κ1) is 15.3. The van der Waals surface area contributed by atoms with Crippen LogP contribution in [-0.4, -0.2) is 28.7 Å². The summed E-state index contributed by atoms with van der Waals surface area (Å²) in [4.78, 5) is 38.0. The fourth-order valence-corrected chi connectivity index (χ4v) is 2.95. The van der Waals surface area contributed by atoms with Crippen LogP contribution in [0.4, 0.5) is 0 Å². The lowest BCUT2D eigenvalue weighted by Gasteiger charge is -2.09. The van der Waals surface area contributed by atoms with Gasteiger partial charge in [0.25, 0.3) is 5.56 Å². The van der Waals surface area contributed by atoms with Gasteiger partial charge in [-0.05, 0) is 19.1 Å². The number of hydrogen-bond donors (Lipinski definition) is 0. The summed E-state index contributed by atoms with van der Waals surface area (Å²) in [5.74, 6) is 0. The largest absolute Gasteiger partial charge is 0.332 e. The fourth-order valence-electron chi connectivity index (χ4n) is 2.95. The maximum Gasteiger partial charge on any atom is 0.332 e. The number of para-hydroxylation sites is 2. The second-order valence-corrected chi connectivity index (χ2v) is 5.99. The second-order valence-electron chi connectivity index (χ2n) is 5.99. The molecule has 0 aliphatic rings. The van der Waals surface area contributed by atoms with Crippen molar-refractivity contribution in [3.05, 3.63) is 62.8 Å². The normalized spacial score (nSPS) is 11.5. The van der Waals surface area contributed by atoms with Gasteiger partial charge in [-0.1, -0.05) is 12.1 Å². The van der Waals surface area contributed by atoms with Gasteiger partial charge in [-0.25, -0.2) is 19.7 Å². The number of fused-ring (bicyclic) bond motifs is 2. The Labute approximate surface area is 142 Å². The van der Waals surface area contributed by atoms with Crippen LogP contribution in [0.15, 0.2) is 40.2 Å². The zero-order valence-electron chi connectivity index (χ0n) is 14.1. The van der Waals surface area contributed by atoms with Gasteiger partial charge < -0.3 is 4.57 Å². The lowest BCUT2D eigenvalue weighted by molar-refractivity contribution is 0.700. The highest BCUT2D eigenvalue weighted by atomic mass is 16.2. The number of nitrogens with zero attached hydrogens (tertiary/aromatic N) is 6. The van der Waals surface area contributed by atoms with Crippen LogP contribution in [0.5, 0.6) is 0 Å². The molecule has 4 rings (SSSR count). The summed E-state index contributed by atoms with van der Waals surface area (Å²) in [5, 5.41) is 0. The summed E-state index contributed by atoms with van der Waals surface area (Å²) in [6.07, 6.45) is 1.56. The van der Waals surface area contributed by atoms with Gasteiger partial charge in [-0.15, -0.1) is 0 Å². The highest BCUT2D eigenvalue weighted by Crippen LogP contribution is 2.15. The number of hydrogen-bond acceptors (Lipinski definition) is 5. The van der Waals surface area contributed by atoms with Crippen molar-refractivity contribution in [1.29, 1.82) is 0 Å². The van der Waals surface area contributed by atoms with Gasteiger partial charge in [0.15, 0.2) is 11.2 Å². The minimum Gasteiger partial charge on any atom is -0.319 e. The Bertz CT molecular complexity index is 1250. The first-order valence-electron chi connectivity index (χ1n) is 7.80. The molecule has 0 atom stereocenters. The third-order valence-corrected chi connectivity index (χ3v) is 4.38. The number of benzene rings is 1. The molecule has 0 radical (unpaired) electrons. The zero-order chi connectivity index (χ0) is 17.7.